The summed E-state index contributed by atoms with van der Waals surface area (Å²) in [5.74, 6) is -2.16. The zero-order valence-corrected chi connectivity index (χ0v) is 25.5. The van der Waals surface area contributed by atoms with E-state index in [4.69, 9.17) is 56.5 Å². The average molecular weight is 674 g/mol. The van der Waals surface area contributed by atoms with E-state index in [-0.39, 0.29) is 17.1 Å². The number of H-pyrrole nitrogens is 3. The molecule has 2 unspecified atom stereocenters. The van der Waals surface area contributed by atoms with Crippen molar-refractivity contribution in [3.05, 3.63) is 109 Å². The zero-order valence-electron chi connectivity index (χ0n) is 23.3. The van der Waals surface area contributed by atoms with Gasteiger partial charge < -0.3 is 36.6 Å². The lowest BCUT2D eigenvalue weighted by molar-refractivity contribution is -0.383. The Bertz CT molecular complexity index is 2000. The van der Waals surface area contributed by atoms with Crippen LogP contribution in [0, 0.1) is 10.1 Å². The third-order valence-electron chi connectivity index (χ3n) is 6.76. The van der Waals surface area contributed by atoms with Crippen molar-refractivity contribution >= 4 is 85.1 Å². The van der Waals surface area contributed by atoms with E-state index >= 15 is 0 Å². The number of nitrogens with zero attached hydrogens (tertiary/aromatic N) is 1. The monoisotopic (exact) mass is 672 g/mol. The van der Waals surface area contributed by atoms with Gasteiger partial charge in [0.2, 0.25) is 0 Å². The number of nitro groups is 1. The molecule has 6 rings (SSSR count). The molecule has 0 aliphatic rings. The second-order valence-electron chi connectivity index (χ2n) is 9.93. The summed E-state index contributed by atoms with van der Waals surface area (Å²) >= 11 is 17.4. The van der Waals surface area contributed by atoms with Gasteiger partial charge in [0.1, 0.15) is 12.1 Å². The van der Waals surface area contributed by atoms with Crippen molar-refractivity contribution < 1.29 is 24.7 Å². The van der Waals surface area contributed by atoms with Crippen LogP contribution in [0.15, 0.2) is 73.2 Å². The molecule has 9 N–H and O–H groups in total. The summed E-state index contributed by atoms with van der Waals surface area (Å²) in [4.78, 5) is 40.8. The molecule has 45 heavy (non-hydrogen) atoms. The van der Waals surface area contributed by atoms with Crippen molar-refractivity contribution in [1.82, 2.24) is 15.0 Å². The van der Waals surface area contributed by atoms with Crippen molar-refractivity contribution in [3.63, 3.8) is 0 Å². The number of hydrogen-bond acceptors (Lipinski definition) is 6. The van der Waals surface area contributed by atoms with Crippen LogP contribution in [0.1, 0.15) is 11.1 Å². The van der Waals surface area contributed by atoms with Crippen molar-refractivity contribution in [3.8, 4) is 0 Å². The Labute approximate surface area is 270 Å². The van der Waals surface area contributed by atoms with Crippen LogP contribution in [0.4, 0.5) is 5.69 Å². The molecular formula is C30H27Cl3N6O6. The molecule has 2 atom stereocenters. The Morgan fingerprint density at radius 2 is 1.31 bits per heavy atom. The molecular weight excluding hydrogens is 647 g/mol. The molecule has 0 fully saturated rings. The summed E-state index contributed by atoms with van der Waals surface area (Å²) < 4.78 is 0. The number of carbonyl (C=O) groups is 2. The smallest absolute Gasteiger partial charge is 0.320 e. The summed E-state index contributed by atoms with van der Waals surface area (Å²) in [7, 11) is 0. The van der Waals surface area contributed by atoms with Crippen LogP contribution in [0.25, 0.3) is 32.7 Å². The highest BCUT2D eigenvalue weighted by Gasteiger charge is 2.22. The topological polar surface area (TPSA) is 217 Å². The number of aliphatic carboxylic acids is 2. The molecule has 234 valence electrons. The molecule has 0 saturated carbocycles. The molecule has 0 radical (unpaired) electrons. The van der Waals surface area contributed by atoms with E-state index in [0.717, 1.165) is 27.0 Å². The van der Waals surface area contributed by atoms with Crippen LogP contribution in [-0.2, 0) is 22.4 Å². The lowest BCUT2D eigenvalue weighted by Crippen LogP contribution is -2.32. The highest BCUT2D eigenvalue weighted by Crippen LogP contribution is 2.32. The lowest BCUT2D eigenvalue weighted by Gasteiger charge is -2.05. The number of aromatic amines is 3. The normalized spacial score (nSPS) is 12.2. The van der Waals surface area contributed by atoms with Gasteiger partial charge in [-0.05, 0) is 52.9 Å². The maximum Gasteiger partial charge on any atom is 0.320 e. The first-order chi connectivity index (χ1) is 21.3. The summed E-state index contributed by atoms with van der Waals surface area (Å²) in [6, 6.07) is 14.0. The highest BCUT2D eigenvalue weighted by molar-refractivity contribution is 6.32. The summed E-state index contributed by atoms with van der Waals surface area (Å²) in [5, 5.41) is 32.7. The highest BCUT2D eigenvalue weighted by atomic mass is 35.5. The largest absolute Gasteiger partial charge is 0.480 e. The fourth-order valence-electron chi connectivity index (χ4n) is 4.58. The molecule has 0 aliphatic heterocycles. The molecule has 0 amide bonds. The van der Waals surface area contributed by atoms with Gasteiger partial charge >= 0.3 is 11.9 Å². The van der Waals surface area contributed by atoms with Crippen LogP contribution < -0.4 is 11.5 Å². The predicted octanol–water partition coefficient (Wildman–Crippen LogP) is 6.28. The first kappa shape index (κ1) is 33.3. The van der Waals surface area contributed by atoms with E-state index in [1.807, 2.05) is 36.5 Å². The maximum absolute atomic E-state index is 11.0. The first-order valence-corrected chi connectivity index (χ1v) is 14.4. The van der Waals surface area contributed by atoms with Gasteiger partial charge in [0.25, 0.3) is 5.69 Å². The average Bonchev–Trinajstić information content (AvgIpc) is 3.71. The number of hydrogen-bond donors (Lipinski definition) is 7. The van der Waals surface area contributed by atoms with Crippen LogP contribution in [0.5, 0.6) is 0 Å². The van der Waals surface area contributed by atoms with E-state index in [2.05, 4.69) is 15.0 Å². The Balaban J connectivity index is 0.000000160. The van der Waals surface area contributed by atoms with Crippen LogP contribution >= 0.6 is 34.8 Å². The van der Waals surface area contributed by atoms with Crippen molar-refractivity contribution in [2.24, 2.45) is 11.5 Å². The number of non-ortho nitro benzene ring substituents is 1. The number of carboxylic acids is 2. The SMILES string of the molecule is Clc1ccc2cc[nH]c2c1.NC(Cc1c[nH]c2cc(Cl)cc([N+](=O)[O-])c12)C(=O)O.NC(Cc1c[nH]c2cc(Cl)ccc12)C(=O)O. The minimum Gasteiger partial charge on any atom is -0.480 e. The van der Waals surface area contributed by atoms with Crippen molar-refractivity contribution in [2.45, 2.75) is 24.9 Å². The van der Waals surface area contributed by atoms with Gasteiger partial charge in [0, 0.05) is 69.0 Å². The Hall–Kier alpha value is -4.59. The molecule has 15 heteroatoms. The second-order valence-corrected chi connectivity index (χ2v) is 11.2. The Morgan fingerprint density at radius 3 is 1.96 bits per heavy atom. The molecule has 12 nitrogen and oxygen atoms in total. The molecule has 6 aromatic rings. The third-order valence-corrected chi connectivity index (χ3v) is 7.45. The van der Waals surface area contributed by atoms with E-state index in [0.29, 0.717) is 27.9 Å². The number of fused-ring (bicyclic) bond motifs is 3. The van der Waals surface area contributed by atoms with E-state index in [1.165, 1.54) is 17.6 Å². The number of rotatable bonds is 7. The van der Waals surface area contributed by atoms with Gasteiger partial charge in [-0.1, -0.05) is 46.9 Å². The summed E-state index contributed by atoms with van der Waals surface area (Å²) in [5.41, 5.74) is 14.6. The second kappa shape index (κ2) is 14.5. The molecule has 0 bridgehead atoms. The van der Waals surface area contributed by atoms with Crippen molar-refractivity contribution in [1.29, 1.82) is 0 Å². The van der Waals surface area contributed by atoms with Gasteiger partial charge in [0.05, 0.1) is 15.8 Å². The predicted molar refractivity (Wildman–Crippen MR) is 175 cm³/mol. The van der Waals surface area contributed by atoms with Gasteiger partial charge in [0.15, 0.2) is 0 Å². The number of nitrogens with one attached hydrogen (secondary N) is 3. The van der Waals surface area contributed by atoms with Gasteiger partial charge in [-0.3, -0.25) is 19.7 Å². The molecule has 0 saturated heterocycles. The van der Waals surface area contributed by atoms with Crippen LogP contribution in [-0.4, -0.2) is 54.1 Å². The minimum absolute atomic E-state index is 0.00218. The standard InChI is InChI=1S/C11H10ClN3O4.C11H11ClN2O2.C8H6ClN/c12-6-2-8-10(9(3-6)15(18)19)5(4-14-8)1-7(13)11(16)17;12-7-1-2-8-6(3-9(13)11(15)16)5-14-10(8)4-7;9-7-2-1-6-3-4-10-8(6)5-7/h2-4,7,14H,1,13H2,(H,16,17);1-2,4-5,9,14H,3,13H2,(H,15,16);1-5,10H. The van der Waals surface area contributed by atoms with E-state index in [9.17, 15) is 19.7 Å². The number of benzene rings is 3. The van der Waals surface area contributed by atoms with E-state index < -0.39 is 28.9 Å². The number of nitrogens with two attached hydrogens (primary N) is 2. The van der Waals surface area contributed by atoms with Crippen LogP contribution in [0.3, 0.4) is 0 Å². The van der Waals surface area contributed by atoms with Gasteiger partial charge in [-0.2, -0.15) is 0 Å². The molecule has 0 aliphatic carbocycles. The fourth-order valence-corrected chi connectivity index (χ4v) is 5.14. The summed E-state index contributed by atoms with van der Waals surface area (Å²) in [6.07, 6.45) is 5.48. The maximum atomic E-state index is 11.0. The number of nitro benzene ring substituents is 1. The van der Waals surface area contributed by atoms with Crippen molar-refractivity contribution in [2.75, 3.05) is 0 Å². The first-order valence-electron chi connectivity index (χ1n) is 13.2. The molecule has 3 aromatic heterocycles. The Morgan fingerprint density at radius 1 is 0.756 bits per heavy atom. The summed E-state index contributed by atoms with van der Waals surface area (Å²) in [6.45, 7) is 0. The van der Waals surface area contributed by atoms with Gasteiger partial charge in [-0.15, -0.1) is 0 Å². The minimum atomic E-state index is -1.16. The molecule has 0 spiro atoms. The lowest BCUT2D eigenvalue weighted by atomic mass is 10.0. The number of carboxylic acid groups (broad SMARTS) is 2. The van der Waals surface area contributed by atoms with Crippen LogP contribution in [0.2, 0.25) is 15.1 Å². The zero-order chi connectivity index (χ0) is 32.8. The van der Waals surface area contributed by atoms with Gasteiger partial charge in [-0.25, -0.2) is 0 Å². The number of aromatic nitrogens is 3. The molecule has 3 aromatic carbocycles. The van der Waals surface area contributed by atoms with E-state index in [1.54, 1.807) is 24.4 Å². The molecule has 3 heterocycles. The Kier molecular flexibility index (Phi) is 10.7. The number of halogens is 3. The third kappa shape index (κ3) is 8.32. The fraction of sp³-hybridized carbons (Fsp3) is 0.133. The quantitative estimate of drug-likeness (QED) is 0.0753.